The van der Waals surface area contributed by atoms with Crippen molar-refractivity contribution in [3.8, 4) is 0 Å². The van der Waals surface area contributed by atoms with Crippen molar-refractivity contribution < 1.29 is 14.3 Å². The molecule has 1 rings (SSSR count). The van der Waals surface area contributed by atoms with E-state index in [1.54, 1.807) is 4.90 Å². The third-order valence-electron chi connectivity index (χ3n) is 2.71. The van der Waals surface area contributed by atoms with Crippen molar-refractivity contribution in [2.45, 2.75) is 33.1 Å². The van der Waals surface area contributed by atoms with Crippen LogP contribution in [0.25, 0.3) is 0 Å². The van der Waals surface area contributed by atoms with Gasteiger partial charge in [-0.2, -0.15) is 0 Å². The standard InChI is InChI=1S/C12H21NO3/c1-10(2)4-7-16-8-6-13-5-3-11(14)9-12(13)15/h10H,3-9H2,1-2H3. The molecule has 0 spiro atoms. The fraction of sp³-hybridized carbons (Fsp3) is 0.833. The molecular formula is C12H21NO3. The lowest BCUT2D eigenvalue weighted by Crippen LogP contribution is -2.40. The van der Waals surface area contributed by atoms with Gasteiger partial charge in [-0.25, -0.2) is 0 Å². The van der Waals surface area contributed by atoms with Crippen LogP contribution in [0.4, 0.5) is 0 Å². The smallest absolute Gasteiger partial charge is 0.230 e. The van der Waals surface area contributed by atoms with Gasteiger partial charge in [0.2, 0.25) is 5.91 Å². The van der Waals surface area contributed by atoms with Gasteiger partial charge >= 0.3 is 0 Å². The van der Waals surface area contributed by atoms with E-state index in [1.807, 2.05) is 0 Å². The van der Waals surface area contributed by atoms with E-state index in [1.165, 1.54) is 0 Å². The first-order chi connectivity index (χ1) is 7.59. The molecule has 0 bridgehead atoms. The number of rotatable bonds is 6. The molecule has 1 amide bonds. The predicted molar refractivity (Wildman–Crippen MR) is 61.1 cm³/mol. The van der Waals surface area contributed by atoms with E-state index in [0.717, 1.165) is 13.0 Å². The molecule has 0 N–H and O–H groups in total. The number of carbonyl (C=O) groups is 2. The number of likely N-dealkylation sites (tertiary alicyclic amines) is 1. The summed E-state index contributed by atoms with van der Waals surface area (Å²) in [5, 5.41) is 0. The number of piperidine rings is 1. The molecule has 0 aliphatic carbocycles. The van der Waals surface area contributed by atoms with Crippen molar-refractivity contribution >= 4 is 11.7 Å². The van der Waals surface area contributed by atoms with E-state index in [-0.39, 0.29) is 18.1 Å². The molecule has 1 aliphatic heterocycles. The SMILES string of the molecule is CC(C)CCOCCN1CCC(=O)CC1=O. The number of nitrogens with zero attached hydrogens (tertiary/aromatic N) is 1. The lowest BCUT2D eigenvalue weighted by Gasteiger charge is -2.25. The topological polar surface area (TPSA) is 46.6 Å². The zero-order valence-corrected chi connectivity index (χ0v) is 10.2. The van der Waals surface area contributed by atoms with Crippen LogP contribution < -0.4 is 0 Å². The van der Waals surface area contributed by atoms with Crippen molar-refractivity contribution in [3.63, 3.8) is 0 Å². The van der Waals surface area contributed by atoms with E-state index >= 15 is 0 Å². The number of Topliss-reactive ketones (excluding diaryl/α,β-unsaturated/α-hetero) is 1. The van der Waals surface area contributed by atoms with E-state index in [9.17, 15) is 9.59 Å². The maximum atomic E-state index is 11.4. The zero-order valence-electron chi connectivity index (χ0n) is 10.2. The average molecular weight is 227 g/mol. The molecule has 0 saturated carbocycles. The fourth-order valence-electron chi connectivity index (χ4n) is 1.59. The van der Waals surface area contributed by atoms with Gasteiger partial charge in [0.05, 0.1) is 13.0 Å². The predicted octanol–water partition coefficient (Wildman–Crippen LogP) is 1.24. The minimum atomic E-state index is -0.0521. The lowest BCUT2D eigenvalue weighted by molar-refractivity contribution is -0.140. The molecule has 0 unspecified atom stereocenters. The number of hydrogen-bond donors (Lipinski definition) is 0. The van der Waals surface area contributed by atoms with Crippen LogP contribution >= 0.6 is 0 Å². The van der Waals surface area contributed by atoms with Crippen LogP contribution in [0.1, 0.15) is 33.1 Å². The minimum absolute atomic E-state index is 0.0521. The van der Waals surface area contributed by atoms with Gasteiger partial charge in [0.25, 0.3) is 0 Å². The van der Waals surface area contributed by atoms with Crippen molar-refractivity contribution in [3.05, 3.63) is 0 Å². The highest BCUT2D eigenvalue weighted by Gasteiger charge is 2.22. The average Bonchev–Trinajstić information content (AvgIpc) is 2.20. The normalized spacial score (nSPS) is 17.3. The molecule has 0 atom stereocenters. The third-order valence-corrected chi connectivity index (χ3v) is 2.71. The van der Waals surface area contributed by atoms with E-state index in [0.29, 0.717) is 32.0 Å². The molecule has 0 aromatic carbocycles. The summed E-state index contributed by atoms with van der Waals surface area (Å²) in [4.78, 5) is 24.1. The molecule has 1 aliphatic rings. The number of ketones is 1. The molecule has 1 heterocycles. The Kier molecular flexibility index (Phi) is 5.46. The molecule has 4 heteroatoms. The molecule has 1 saturated heterocycles. The Hall–Kier alpha value is -0.900. The summed E-state index contributed by atoms with van der Waals surface area (Å²) < 4.78 is 5.44. The van der Waals surface area contributed by atoms with Crippen molar-refractivity contribution in [2.75, 3.05) is 26.3 Å². The Morgan fingerprint density at radius 3 is 2.69 bits per heavy atom. The van der Waals surface area contributed by atoms with Crippen molar-refractivity contribution in [2.24, 2.45) is 5.92 Å². The monoisotopic (exact) mass is 227 g/mol. The fourth-order valence-corrected chi connectivity index (χ4v) is 1.59. The molecule has 0 radical (unpaired) electrons. The van der Waals surface area contributed by atoms with Crippen molar-refractivity contribution in [1.82, 2.24) is 4.90 Å². The van der Waals surface area contributed by atoms with Crippen LogP contribution in [0.5, 0.6) is 0 Å². The summed E-state index contributed by atoms with van der Waals surface area (Å²) in [7, 11) is 0. The van der Waals surface area contributed by atoms with E-state index in [4.69, 9.17) is 4.74 Å². The van der Waals surface area contributed by atoms with Gasteiger partial charge in [0, 0.05) is 26.1 Å². The Balaban J connectivity index is 2.09. The molecule has 0 aromatic rings. The van der Waals surface area contributed by atoms with Crippen LogP contribution in [-0.4, -0.2) is 42.9 Å². The first kappa shape index (κ1) is 13.2. The second-order valence-corrected chi connectivity index (χ2v) is 4.64. The summed E-state index contributed by atoms with van der Waals surface area (Å²) in [6.45, 7) is 6.81. The highest BCUT2D eigenvalue weighted by Crippen LogP contribution is 2.07. The molecule has 16 heavy (non-hydrogen) atoms. The molecule has 92 valence electrons. The Morgan fingerprint density at radius 2 is 2.06 bits per heavy atom. The Labute approximate surface area is 96.9 Å². The van der Waals surface area contributed by atoms with Crippen LogP contribution in [0.15, 0.2) is 0 Å². The molecule has 0 aromatic heterocycles. The van der Waals surface area contributed by atoms with Crippen LogP contribution in [-0.2, 0) is 14.3 Å². The Bertz CT molecular complexity index is 251. The number of amides is 1. The zero-order chi connectivity index (χ0) is 12.0. The van der Waals surface area contributed by atoms with Gasteiger partial charge in [0.15, 0.2) is 0 Å². The second kappa shape index (κ2) is 6.63. The number of ether oxygens (including phenoxy) is 1. The van der Waals surface area contributed by atoms with E-state index in [2.05, 4.69) is 13.8 Å². The molecule has 1 fully saturated rings. The summed E-state index contributed by atoms with van der Waals surface area (Å²) in [5.41, 5.74) is 0. The first-order valence-electron chi connectivity index (χ1n) is 5.97. The van der Waals surface area contributed by atoms with Gasteiger partial charge in [-0.15, -0.1) is 0 Å². The second-order valence-electron chi connectivity index (χ2n) is 4.64. The maximum absolute atomic E-state index is 11.4. The van der Waals surface area contributed by atoms with Gasteiger partial charge < -0.3 is 9.64 Å². The minimum Gasteiger partial charge on any atom is -0.380 e. The van der Waals surface area contributed by atoms with Gasteiger partial charge in [0.1, 0.15) is 5.78 Å². The summed E-state index contributed by atoms with van der Waals surface area (Å²) >= 11 is 0. The summed E-state index contributed by atoms with van der Waals surface area (Å²) in [6, 6.07) is 0. The van der Waals surface area contributed by atoms with Gasteiger partial charge in [-0.3, -0.25) is 9.59 Å². The Morgan fingerprint density at radius 1 is 1.31 bits per heavy atom. The van der Waals surface area contributed by atoms with Gasteiger partial charge in [-0.1, -0.05) is 13.8 Å². The highest BCUT2D eigenvalue weighted by atomic mass is 16.5. The maximum Gasteiger partial charge on any atom is 0.230 e. The third kappa shape index (κ3) is 4.75. The van der Waals surface area contributed by atoms with Gasteiger partial charge in [-0.05, 0) is 12.3 Å². The highest BCUT2D eigenvalue weighted by molar-refractivity contribution is 6.00. The number of carbonyl (C=O) groups excluding carboxylic acids is 2. The van der Waals surface area contributed by atoms with Crippen LogP contribution in [0.3, 0.4) is 0 Å². The first-order valence-corrected chi connectivity index (χ1v) is 5.97. The van der Waals surface area contributed by atoms with E-state index < -0.39 is 0 Å². The summed E-state index contributed by atoms with van der Waals surface area (Å²) in [6.07, 6.45) is 1.62. The molecular weight excluding hydrogens is 206 g/mol. The lowest BCUT2D eigenvalue weighted by atomic mass is 10.1. The quantitative estimate of drug-likeness (QED) is 0.506. The van der Waals surface area contributed by atoms with Crippen molar-refractivity contribution in [1.29, 1.82) is 0 Å². The molecule has 4 nitrogen and oxygen atoms in total. The summed E-state index contributed by atoms with van der Waals surface area (Å²) in [5.74, 6) is 0.653. The largest absolute Gasteiger partial charge is 0.380 e. The van der Waals surface area contributed by atoms with Crippen LogP contribution in [0.2, 0.25) is 0 Å². The number of hydrogen-bond acceptors (Lipinski definition) is 3. The van der Waals surface area contributed by atoms with Crippen LogP contribution in [0, 0.1) is 5.92 Å².